The molecule has 1 aromatic heterocycles. The van der Waals surface area contributed by atoms with Crippen molar-refractivity contribution in [3.63, 3.8) is 0 Å². The first kappa shape index (κ1) is 19.4. The number of halogens is 2. The molecular weight excluding hydrogens is 391 g/mol. The van der Waals surface area contributed by atoms with E-state index in [1.165, 1.54) is 12.1 Å². The van der Waals surface area contributed by atoms with Crippen LogP contribution in [0, 0.1) is 12.7 Å². The van der Waals surface area contributed by atoms with Crippen LogP contribution in [-0.2, 0) is 10.8 Å². The lowest BCUT2D eigenvalue weighted by atomic mass is 10.1. The van der Waals surface area contributed by atoms with Crippen LogP contribution in [-0.4, -0.2) is 27.5 Å². The minimum Gasteiger partial charge on any atom is -0.497 e. The van der Waals surface area contributed by atoms with Crippen molar-refractivity contribution in [1.82, 2.24) is 9.97 Å². The molecule has 1 N–H and O–H groups in total. The zero-order chi connectivity index (χ0) is 19.6. The molecule has 0 saturated carbocycles. The molecule has 5 nitrogen and oxygen atoms in total. The Labute approximate surface area is 164 Å². The monoisotopic (exact) mass is 408 g/mol. The van der Waals surface area contributed by atoms with Crippen LogP contribution >= 0.6 is 11.6 Å². The van der Waals surface area contributed by atoms with Gasteiger partial charge in [0.25, 0.3) is 0 Å². The zero-order valence-electron chi connectivity index (χ0n) is 15.0. The van der Waals surface area contributed by atoms with Gasteiger partial charge in [-0.1, -0.05) is 23.7 Å². The Morgan fingerprint density at radius 2 is 1.96 bits per heavy atom. The van der Waals surface area contributed by atoms with Crippen LogP contribution in [0.3, 0.4) is 0 Å². The van der Waals surface area contributed by atoms with Gasteiger partial charge >= 0.3 is 0 Å². The Kier molecular flexibility index (Phi) is 5.82. The first-order valence-corrected chi connectivity index (χ1v) is 9.98. The normalized spacial score (nSPS) is 13.2. The number of imidazole rings is 1. The molecule has 27 heavy (non-hydrogen) atoms. The molecule has 0 bridgehead atoms. The number of aromatic nitrogens is 2. The number of methoxy groups -OCH3 is 1. The second kappa shape index (κ2) is 8.10. The van der Waals surface area contributed by atoms with Crippen LogP contribution in [0.5, 0.6) is 11.5 Å². The van der Waals surface area contributed by atoms with Crippen molar-refractivity contribution in [1.29, 1.82) is 0 Å². The Morgan fingerprint density at radius 1 is 1.22 bits per heavy atom. The summed E-state index contributed by atoms with van der Waals surface area (Å²) in [7, 11) is 0.308. The van der Waals surface area contributed by atoms with E-state index in [-0.39, 0.29) is 5.02 Å². The summed E-state index contributed by atoms with van der Waals surface area (Å²) < 4.78 is 36.8. The highest BCUT2D eigenvalue weighted by molar-refractivity contribution is 7.84. The highest BCUT2D eigenvalue weighted by Gasteiger charge is 2.23. The lowest BCUT2D eigenvalue weighted by molar-refractivity contribution is 0.236. The fourth-order valence-corrected chi connectivity index (χ4v) is 3.54. The largest absolute Gasteiger partial charge is 0.497 e. The molecule has 2 unspecified atom stereocenters. The lowest BCUT2D eigenvalue weighted by Gasteiger charge is -2.18. The van der Waals surface area contributed by atoms with Gasteiger partial charge in [0.15, 0.2) is 11.9 Å². The Morgan fingerprint density at radius 3 is 2.59 bits per heavy atom. The number of ether oxygens (including phenoxy) is 2. The summed E-state index contributed by atoms with van der Waals surface area (Å²) in [6.07, 6.45) is 0.853. The quantitative estimate of drug-likeness (QED) is 0.655. The standard InChI is InChI=1S/C19H18ClFN2O3S/c1-11-19(27(3)24)23-18(22-11)17(12-7-8-16(21)15(20)9-12)26-14-6-4-5-13(10-14)25-2/h4-10,17H,1-3H3,(H,22,23). The SMILES string of the molecule is COc1cccc(OC(c2ccc(F)c(Cl)c2)c2nc(S(C)=O)c(C)[nH]2)c1. The number of rotatable bonds is 6. The van der Waals surface area contributed by atoms with Gasteiger partial charge < -0.3 is 14.5 Å². The van der Waals surface area contributed by atoms with E-state index in [1.807, 2.05) is 0 Å². The van der Waals surface area contributed by atoms with E-state index in [0.29, 0.717) is 33.6 Å². The van der Waals surface area contributed by atoms with Crippen molar-refractivity contribution in [3.05, 3.63) is 70.4 Å². The van der Waals surface area contributed by atoms with E-state index in [2.05, 4.69) is 9.97 Å². The second-order valence-corrected chi connectivity index (χ2v) is 7.56. The fourth-order valence-electron chi connectivity index (χ4n) is 2.64. The van der Waals surface area contributed by atoms with Crippen LogP contribution < -0.4 is 9.47 Å². The Hall–Kier alpha value is -2.38. The average molecular weight is 409 g/mol. The molecule has 0 aliphatic rings. The number of hydrogen-bond acceptors (Lipinski definition) is 4. The van der Waals surface area contributed by atoms with Gasteiger partial charge in [-0.2, -0.15) is 0 Å². The summed E-state index contributed by atoms with van der Waals surface area (Å²) >= 11 is 5.95. The first-order chi connectivity index (χ1) is 12.9. The van der Waals surface area contributed by atoms with Gasteiger partial charge in [-0.15, -0.1) is 0 Å². The smallest absolute Gasteiger partial charge is 0.181 e. The van der Waals surface area contributed by atoms with Crippen LogP contribution in [0.2, 0.25) is 5.02 Å². The third kappa shape index (κ3) is 4.31. The lowest BCUT2D eigenvalue weighted by Crippen LogP contribution is -2.12. The van der Waals surface area contributed by atoms with E-state index >= 15 is 0 Å². The van der Waals surface area contributed by atoms with Gasteiger partial charge in [0, 0.05) is 23.6 Å². The van der Waals surface area contributed by atoms with Crippen LogP contribution in [0.4, 0.5) is 4.39 Å². The number of hydrogen-bond donors (Lipinski definition) is 1. The molecule has 3 rings (SSSR count). The first-order valence-electron chi connectivity index (χ1n) is 8.04. The van der Waals surface area contributed by atoms with Crippen molar-refractivity contribution in [2.45, 2.75) is 18.1 Å². The number of nitrogens with one attached hydrogen (secondary N) is 1. The van der Waals surface area contributed by atoms with Crippen LogP contribution in [0.15, 0.2) is 47.5 Å². The van der Waals surface area contributed by atoms with E-state index in [0.717, 1.165) is 0 Å². The third-order valence-corrected chi connectivity index (χ3v) is 5.15. The van der Waals surface area contributed by atoms with Gasteiger partial charge in [0.1, 0.15) is 22.3 Å². The maximum Gasteiger partial charge on any atom is 0.181 e. The second-order valence-electron chi connectivity index (χ2n) is 5.86. The van der Waals surface area contributed by atoms with Crippen LogP contribution in [0.1, 0.15) is 23.2 Å². The molecule has 0 amide bonds. The number of aryl methyl sites for hydroxylation is 1. The molecule has 0 aliphatic heterocycles. The van der Waals surface area contributed by atoms with E-state index in [9.17, 15) is 8.60 Å². The van der Waals surface area contributed by atoms with E-state index < -0.39 is 22.7 Å². The minimum absolute atomic E-state index is 0.0192. The molecule has 2 aromatic carbocycles. The molecule has 8 heteroatoms. The number of nitrogens with zero attached hydrogens (tertiary/aromatic N) is 1. The topological polar surface area (TPSA) is 64.2 Å². The summed E-state index contributed by atoms with van der Waals surface area (Å²) in [5.41, 5.74) is 1.28. The predicted molar refractivity (Wildman–Crippen MR) is 103 cm³/mol. The summed E-state index contributed by atoms with van der Waals surface area (Å²) in [5.74, 6) is 1.09. The van der Waals surface area contributed by atoms with Crippen molar-refractivity contribution in [2.24, 2.45) is 0 Å². The maximum atomic E-state index is 13.6. The number of aromatic amines is 1. The molecule has 0 saturated heterocycles. The van der Waals surface area contributed by atoms with E-state index in [1.54, 1.807) is 50.6 Å². The van der Waals surface area contributed by atoms with Gasteiger partial charge in [-0.25, -0.2) is 9.37 Å². The molecule has 0 aliphatic carbocycles. The van der Waals surface area contributed by atoms with Crippen molar-refractivity contribution in [2.75, 3.05) is 13.4 Å². The van der Waals surface area contributed by atoms with Gasteiger partial charge in [0.2, 0.25) is 0 Å². The van der Waals surface area contributed by atoms with Gasteiger partial charge in [-0.3, -0.25) is 4.21 Å². The predicted octanol–water partition coefficient (Wildman–Crippen LogP) is 4.43. The molecule has 0 spiro atoms. The van der Waals surface area contributed by atoms with Crippen LogP contribution in [0.25, 0.3) is 0 Å². The molecule has 1 heterocycles. The summed E-state index contributed by atoms with van der Waals surface area (Å²) in [6.45, 7) is 1.79. The van der Waals surface area contributed by atoms with Crippen molar-refractivity contribution in [3.8, 4) is 11.5 Å². The molecule has 0 radical (unpaired) electrons. The highest BCUT2D eigenvalue weighted by atomic mass is 35.5. The molecule has 142 valence electrons. The third-order valence-electron chi connectivity index (χ3n) is 3.92. The molecule has 0 fully saturated rings. The fraction of sp³-hybridized carbons (Fsp3) is 0.211. The van der Waals surface area contributed by atoms with Gasteiger partial charge in [0.05, 0.1) is 22.9 Å². The highest BCUT2D eigenvalue weighted by Crippen LogP contribution is 2.31. The maximum absolute atomic E-state index is 13.6. The number of H-pyrrole nitrogens is 1. The Balaban J connectivity index is 2.06. The molecular formula is C19H18ClFN2O3S. The Bertz CT molecular complexity index is 993. The average Bonchev–Trinajstić information content (AvgIpc) is 3.04. The van der Waals surface area contributed by atoms with Crippen molar-refractivity contribution >= 4 is 22.4 Å². The molecule has 2 atom stereocenters. The zero-order valence-corrected chi connectivity index (χ0v) is 16.5. The van der Waals surface area contributed by atoms with E-state index in [4.69, 9.17) is 21.1 Å². The van der Waals surface area contributed by atoms with Gasteiger partial charge in [-0.05, 0) is 31.2 Å². The molecule has 3 aromatic rings. The summed E-state index contributed by atoms with van der Waals surface area (Å²) in [6, 6.07) is 11.4. The number of benzene rings is 2. The van der Waals surface area contributed by atoms with Crippen molar-refractivity contribution < 1.29 is 18.1 Å². The summed E-state index contributed by atoms with van der Waals surface area (Å²) in [4.78, 5) is 7.54. The summed E-state index contributed by atoms with van der Waals surface area (Å²) in [5, 5.41) is 0.423. The minimum atomic E-state index is -1.26.